The zero-order chi connectivity index (χ0) is 18.1. The number of hydrogen-bond acceptors (Lipinski definition) is 3. The molecular weight excluding hydrogens is 324 g/mol. The van der Waals surface area contributed by atoms with Gasteiger partial charge in [-0.3, -0.25) is 9.69 Å². The van der Waals surface area contributed by atoms with Crippen LogP contribution < -0.4 is 0 Å². The highest BCUT2D eigenvalue weighted by atomic mass is 16.3. The van der Waals surface area contributed by atoms with Crippen LogP contribution in [0.25, 0.3) is 11.1 Å². The summed E-state index contributed by atoms with van der Waals surface area (Å²) in [5.41, 5.74) is 2.74. The van der Waals surface area contributed by atoms with Crippen LogP contribution in [0.2, 0.25) is 0 Å². The first-order valence-corrected chi connectivity index (χ1v) is 9.56. The van der Waals surface area contributed by atoms with E-state index in [1.54, 1.807) is 12.1 Å². The molecule has 2 aromatic carbocycles. The average molecular weight is 350 g/mol. The molecule has 0 unspecified atom stereocenters. The van der Waals surface area contributed by atoms with Crippen LogP contribution in [0.4, 0.5) is 0 Å². The quantitative estimate of drug-likeness (QED) is 0.917. The number of aromatic hydroxyl groups is 1. The molecule has 2 aromatic rings. The van der Waals surface area contributed by atoms with Crippen molar-refractivity contribution >= 4 is 5.91 Å². The average Bonchev–Trinajstić information content (AvgIpc) is 2.63. The number of likely N-dealkylation sites (tertiary alicyclic amines) is 2. The van der Waals surface area contributed by atoms with Gasteiger partial charge in [-0.1, -0.05) is 30.7 Å². The summed E-state index contributed by atoms with van der Waals surface area (Å²) in [7, 11) is 0. The number of nitrogens with zero attached hydrogens (tertiary/aromatic N) is 2. The van der Waals surface area contributed by atoms with E-state index in [1.165, 1.54) is 25.8 Å². The summed E-state index contributed by atoms with van der Waals surface area (Å²) in [6.07, 6.45) is 3.89. The first-order valence-electron chi connectivity index (χ1n) is 9.56. The summed E-state index contributed by atoms with van der Waals surface area (Å²) >= 11 is 0. The molecule has 4 heteroatoms. The van der Waals surface area contributed by atoms with Gasteiger partial charge in [0.25, 0.3) is 5.91 Å². The van der Waals surface area contributed by atoms with E-state index < -0.39 is 0 Å². The van der Waals surface area contributed by atoms with Gasteiger partial charge in [-0.15, -0.1) is 0 Å². The van der Waals surface area contributed by atoms with Crippen molar-refractivity contribution in [3.8, 4) is 16.9 Å². The smallest absolute Gasteiger partial charge is 0.253 e. The molecule has 2 heterocycles. The van der Waals surface area contributed by atoms with Crippen molar-refractivity contribution in [2.45, 2.75) is 38.3 Å². The predicted molar refractivity (Wildman–Crippen MR) is 103 cm³/mol. The van der Waals surface area contributed by atoms with Crippen molar-refractivity contribution in [3.05, 3.63) is 54.1 Å². The van der Waals surface area contributed by atoms with Gasteiger partial charge in [0, 0.05) is 30.7 Å². The Morgan fingerprint density at radius 2 is 1.81 bits per heavy atom. The van der Waals surface area contributed by atoms with Gasteiger partial charge >= 0.3 is 0 Å². The summed E-state index contributed by atoms with van der Waals surface area (Å²) in [5.74, 6) is 0.367. The fourth-order valence-corrected chi connectivity index (χ4v) is 4.16. The molecule has 26 heavy (non-hydrogen) atoms. The largest absolute Gasteiger partial charge is 0.508 e. The Kier molecular flexibility index (Phi) is 4.68. The van der Waals surface area contributed by atoms with Crippen molar-refractivity contribution in [3.63, 3.8) is 0 Å². The first-order chi connectivity index (χ1) is 12.6. The predicted octanol–water partition coefficient (Wildman–Crippen LogP) is 3.76. The van der Waals surface area contributed by atoms with Crippen LogP contribution in [-0.4, -0.2) is 52.5 Å². The molecule has 2 saturated heterocycles. The maximum atomic E-state index is 12.8. The van der Waals surface area contributed by atoms with Gasteiger partial charge in [-0.05, 0) is 61.7 Å². The second-order valence-electron chi connectivity index (χ2n) is 7.57. The summed E-state index contributed by atoms with van der Waals surface area (Å²) in [6, 6.07) is 16.0. The van der Waals surface area contributed by atoms with Gasteiger partial charge in [0.1, 0.15) is 5.75 Å². The van der Waals surface area contributed by atoms with Crippen LogP contribution >= 0.6 is 0 Å². The minimum absolute atomic E-state index is 0.117. The van der Waals surface area contributed by atoms with E-state index in [9.17, 15) is 9.90 Å². The number of phenolic OH excluding ortho intramolecular Hbond substituents is 1. The van der Waals surface area contributed by atoms with Crippen molar-refractivity contribution < 1.29 is 9.90 Å². The Labute approximate surface area is 155 Å². The molecule has 0 spiro atoms. The summed E-state index contributed by atoms with van der Waals surface area (Å²) in [5, 5.41) is 9.44. The third-order valence-electron chi connectivity index (χ3n) is 5.78. The molecule has 0 aromatic heterocycles. The second-order valence-corrected chi connectivity index (χ2v) is 7.57. The molecule has 4 rings (SSSR count). The Hall–Kier alpha value is -2.33. The van der Waals surface area contributed by atoms with Gasteiger partial charge in [0.15, 0.2) is 0 Å². The van der Waals surface area contributed by atoms with Gasteiger partial charge in [-0.2, -0.15) is 0 Å². The van der Waals surface area contributed by atoms with Crippen LogP contribution in [0.15, 0.2) is 48.5 Å². The van der Waals surface area contributed by atoms with Crippen LogP contribution in [-0.2, 0) is 0 Å². The van der Waals surface area contributed by atoms with Crippen LogP contribution in [0.5, 0.6) is 5.75 Å². The normalized spacial score (nSPS) is 21.4. The zero-order valence-electron chi connectivity index (χ0n) is 15.3. The Balaban J connectivity index is 1.43. The van der Waals surface area contributed by atoms with Crippen molar-refractivity contribution in [2.24, 2.45) is 0 Å². The highest BCUT2D eigenvalue weighted by Crippen LogP contribution is 2.27. The first kappa shape index (κ1) is 17.1. The molecule has 4 nitrogen and oxygen atoms in total. The lowest BCUT2D eigenvalue weighted by Gasteiger charge is -2.49. The van der Waals surface area contributed by atoms with Crippen molar-refractivity contribution in [1.29, 1.82) is 0 Å². The number of carbonyl (C=O) groups is 1. The van der Waals surface area contributed by atoms with Crippen LogP contribution in [0.1, 0.15) is 36.5 Å². The summed E-state index contributed by atoms with van der Waals surface area (Å²) in [4.78, 5) is 17.4. The fraction of sp³-hybridized carbons (Fsp3) is 0.409. The molecule has 0 radical (unpaired) electrons. The minimum atomic E-state index is 0.117. The van der Waals surface area contributed by atoms with E-state index in [0.29, 0.717) is 12.1 Å². The topological polar surface area (TPSA) is 43.8 Å². The summed E-state index contributed by atoms with van der Waals surface area (Å²) in [6.45, 7) is 5.16. The zero-order valence-corrected chi connectivity index (χ0v) is 15.3. The third-order valence-corrected chi connectivity index (χ3v) is 5.78. The molecule has 1 atom stereocenters. The van der Waals surface area contributed by atoms with E-state index in [4.69, 9.17) is 0 Å². The molecule has 136 valence electrons. The van der Waals surface area contributed by atoms with Gasteiger partial charge in [-0.25, -0.2) is 0 Å². The molecule has 0 saturated carbocycles. The number of benzene rings is 2. The molecule has 0 aliphatic carbocycles. The van der Waals surface area contributed by atoms with Crippen molar-refractivity contribution in [1.82, 2.24) is 9.80 Å². The van der Waals surface area contributed by atoms with Crippen molar-refractivity contribution in [2.75, 3.05) is 19.6 Å². The van der Waals surface area contributed by atoms with E-state index in [2.05, 4.69) is 11.8 Å². The lowest BCUT2D eigenvalue weighted by atomic mass is 9.96. The molecule has 2 aliphatic rings. The second kappa shape index (κ2) is 7.12. The molecule has 0 bridgehead atoms. The fourth-order valence-electron chi connectivity index (χ4n) is 4.16. The number of amides is 1. The maximum absolute atomic E-state index is 12.8. The van der Waals surface area contributed by atoms with E-state index in [1.807, 2.05) is 41.3 Å². The highest BCUT2D eigenvalue weighted by molar-refractivity contribution is 5.96. The Morgan fingerprint density at radius 1 is 1.04 bits per heavy atom. The van der Waals surface area contributed by atoms with E-state index in [0.717, 1.165) is 29.8 Å². The standard InChI is InChI=1S/C22H26N2O2/c1-16-5-2-3-12-24(16)20-14-23(15-20)22(26)19-7-4-6-18(13-19)17-8-10-21(25)11-9-17/h4,6-11,13,16,20,25H,2-3,5,12,14-15H2,1H3/t16-/m1/s1. The van der Waals surface area contributed by atoms with Gasteiger partial charge in [0.05, 0.1) is 0 Å². The van der Waals surface area contributed by atoms with Gasteiger partial charge < -0.3 is 10.0 Å². The molecule has 1 amide bonds. The molecule has 2 aliphatic heterocycles. The Morgan fingerprint density at radius 3 is 2.54 bits per heavy atom. The third kappa shape index (κ3) is 3.34. The van der Waals surface area contributed by atoms with E-state index >= 15 is 0 Å². The SMILES string of the molecule is C[C@@H]1CCCCN1C1CN(C(=O)c2cccc(-c3ccc(O)cc3)c2)C1. The van der Waals surface area contributed by atoms with Crippen LogP contribution in [0.3, 0.4) is 0 Å². The number of rotatable bonds is 3. The maximum Gasteiger partial charge on any atom is 0.253 e. The van der Waals surface area contributed by atoms with Crippen LogP contribution in [0, 0.1) is 0 Å². The number of phenols is 1. The molecule has 1 N–H and O–H groups in total. The monoisotopic (exact) mass is 350 g/mol. The van der Waals surface area contributed by atoms with E-state index in [-0.39, 0.29) is 11.7 Å². The lowest BCUT2D eigenvalue weighted by Crippen LogP contribution is -2.63. The van der Waals surface area contributed by atoms with Gasteiger partial charge in [0.2, 0.25) is 0 Å². The molecule has 2 fully saturated rings. The summed E-state index contributed by atoms with van der Waals surface area (Å²) < 4.78 is 0. The lowest BCUT2D eigenvalue weighted by molar-refractivity contribution is 0.00213. The highest BCUT2D eigenvalue weighted by Gasteiger charge is 2.37. The number of carbonyl (C=O) groups excluding carboxylic acids is 1. The number of hydrogen-bond donors (Lipinski definition) is 1. The molecular formula is C22H26N2O2. The Bertz CT molecular complexity index is 781. The number of piperidine rings is 1. The minimum Gasteiger partial charge on any atom is -0.508 e.